The molecule has 0 spiro atoms. The summed E-state index contributed by atoms with van der Waals surface area (Å²) in [6.07, 6.45) is 0.196. The number of nitriles is 1. The molecule has 0 bridgehead atoms. The van der Waals surface area contributed by atoms with Crippen molar-refractivity contribution in [1.82, 2.24) is 5.32 Å². The lowest BCUT2D eigenvalue weighted by molar-refractivity contribution is -0.124. The van der Waals surface area contributed by atoms with Crippen molar-refractivity contribution >= 4 is 11.9 Å². The van der Waals surface area contributed by atoms with Gasteiger partial charge in [0.05, 0.1) is 18.1 Å². The minimum atomic E-state index is -0.628. The summed E-state index contributed by atoms with van der Waals surface area (Å²) < 4.78 is 5.08. The maximum Gasteiger partial charge on any atom is 0.338 e. The van der Waals surface area contributed by atoms with Crippen molar-refractivity contribution in [2.75, 3.05) is 13.2 Å². The van der Waals surface area contributed by atoms with E-state index in [2.05, 4.69) is 5.32 Å². The van der Waals surface area contributed by atoms with E-state index in [1.807, 2.05) is 47.6 Å². The van der Waals surface area contributed by atoms with Crippen molar-refractivity contribution in [3.8, 4) is 11.8 Å². The van der Waals surface area contributed by atoms with Gasteiger partial charge in [0, 0.05) is 17.7 Å². The second-order valence-corrected chi connectivity index (χ2v) is 8.25. The van der Waals surface area contributed by atoms with E-state index in [1.54, 1.807) is 12.1 Å². The van der Waals surface area contributed by atoms with Crippen LogP contribution in [0.1, 0.15) is 69.4 Å². The quantitative estimate of drug-likeness (QED) is 0.620. The average Bonchev–Trinajstić information content (AvgIpc) is 2.50. The number of phenols is 1. The fourth-order valence-corrected chi connectivity index (χ4v) is 2.42. The molecule has 1 amide bonds. The summed E-state index contributed by atoms with van der Waals surface area (Å²) in [5, 5.41) is 21.6. The second kappa shape index (κ2) is 8.22. The van der Waals surface area contributed by atoms with Gasteiger partial charge >= 0.3 is 5.97 Å². The van der Waals surface area contributed by atoms with Crippen LogP contribution in [0.4, 0.5) is 0 Å². The summed E-state index contributed by atoms with van der Waals surface area (Å²) in [4.78, 5) is 24.0. The number of carbonyl (C=O) groups is 2. The highest BCUT2D eigenvalue weighted by atomic mass is 16.5. The highest BCUT2D eigenvalue weighted by Crippen LogP contribution is 2.39. The minimum Gasteiger partial charge on any atom is -0.507 e. The number of rotatable bonds is 5. The van der Waals surface area contributed by atoms with Crippen LogP contribution in [-0.4, -0.2) is 30.1 Å². The molecule has 0 aliphatic carbocycles. The monoisotopic (exact) mass is 360 g/mol. The zero-order chi connectivity index (χ0) is 20.1. The van der Waals surface area contributed by atoms with Crippen LogP contribution in [0.3, 0.4) is 0 Å². The normalized spacial score (nSPS) is 11.6. The zero-order valence-corrected chi connectivity index (χ0v) is 16.4. The third-order valence-corrected chi connectivity index (χ3v) is 3.85. The molecule has 0 atom stereocenters. The topological polar surface area (TPSA) is 99.4 Å². The molecule has 1 aromatic carbocycles. The van der Waals surface area contributed by atoms with Gasteiger partial charge in [0.1, 0.15) is 5.75 Å². The summed E-state index contributed by atoms with van der Waals surface area (Å²) in [5.41, 5.74) is 0.859. The van der Waals surface area contributed by atoms with Gasteiger partial charge in [-0.25, -0.2) is 4.79 Å². The SMILES string of the molecule is CC(C)(C)c1cc(C(=O)OCC(=O)NCCC#N)cc(C(C)(C)C)c1O. The van der Waals surface area contributed by atoms with Gasteiger partial charge in [-0.05, 0) is 23.0 Å². The first-order chi connectivity index (χ1) is 11.9. The number of esters is 1. The third kappa shape index (κ3) is 5.76. The number of carbonyl (C=O) groups excluding carboxylic acids is 2. The Bertz CT molecular complexity index is 684. The molecule has 6 nitrogen and oxygen atoms in total. The van der Waals surface area contributed by atoms with E-state index in [1.165, 1.54) is 0 Å². The summed E-state index contributed by atoms with van der Waals surface area (Å²) in [7, 11) is 0. The molecule has 1 aromatic rings. The van der Waals surface area contributed by atoms with Crippen molar-refractivity contribution in [3.63, 3.8) is 0 Å². The molecule has 0 aromatic heterocycles. The lowest BCUT2D eigenvalue weighted by atomic mass is 9.78. The predicted molar refractivity (Wildman–Crippen MR) is 99.0 cm³/mol. The van der Waals surface area contributed by atoms with Gasteiger partial charge in [-0.3, -0.25) is 4.79 Å². The van der Waals surface area contributed by atoms with Crippen LogP contribution in [-0.2, 0) is 20.4 Å². The van der Waals surface area contributed by atoms with Crippen molar-refractivity contribution in [3.05, 3.63) is 28.8 Å². The van der Waals surface area contributed by atoms with Crippen LogP contribution < -0.4 is 5.32 Å². The van der Waals surface area contributed by atoms with Crippen LogP contribution >= 0.6 is 0 Å². The molecule has 0 unspecified atom stereocenters. The van der Waals surface area contributed by atoms with Gasteiger partial charge in [0.2, 0.25) is 0 Å². The van der Waals surface area contributed by atoms with E-state index in [0.717, 1.165) is 0 Å². The van der Waals surface area contributed by atoms with Gasteiger partial charge in [-0.1, -0.05) is 41.5 Å². The molecule has 0 heterocycles. The molecule has 0 aliphatic heterocycles. The lowest BCUT2D eigenvalue weighted by Crippen LogP contribution is -2.29. The van der Waals surface area contributed by atoms with E-state index in [0.29, 0.717) is 16.7 Å². The van der Waals surface area contributed by atoms with Crippen LogP contribution in [0.15, 0.2) is 12.1 Å². The van der Waals surface area contributed by atoms with E-state index < -0.39 is 18.5 Å². The Morgan fingerprint density at radius 3 is 2.04 bits per heavy atom. The standard InChI is InChI=1S/C20H28N2O4/c1-19(2,3)14-10-13(11-15(17(14)24)20(4,5)6)18(25)26-12-16(23)22-9-7-8-21/h10-11,24H,7,9,12H2,1-6H3,(H,22,23). The molecule has 2 N–H and O–H groups in total. The number of aromatic hydroxyl groups is 1. The van der Waals surface area contributed by atoms with Gasteiger partial charge in [0.15, 0.2) is 6.61 Å². The molecule has 0 radical (unpaired) electrons. The highest BCUT2D eigenvalue weighted by molar-refractivity contribution is 5.92. The number of hydrogen-bond acceptors (Lipinski definition) is 5. The molecule has 0 saturated carbocycles. The number of nitrogens with zero attached hydrogens (tertiary/aromatic N) is 1. The smallest absolute Gasteiger partial charge is 0.338 e. The Morgan fingerprint density at radius 1 is 1.12 bits per heavy atom. The fraction of sp³-hybridized carbons (Fsp3) is 0.550. The van der Waals surface area contributed by atoms with Gasteiger partial charge in [0.25, 0.3) is 5.91 Å². The molecular weight excluding hydrogens is 332 g/mol. The van der Waals surface area contributed by atoms with Crippen LogP contribution in [0.2, 0.25) is 0 Å². The summed E-state index contributed by atoms with van der Waals surface area (Å²) in [6.45, 7) is 11.5. The van der Waals surface area contributed by atoms with E-state index in [-0.39, 0.29) is 29.5 Å². The number of ether oxygens (including phenoxy) is 1. The molecule has 0 fully saturated rings. The van der Waals surface area contributed by atoms with Crippen molar-refractivity contribution in [2.24, 2.45) is 0 Å². The summed E-state index contributed by atoms with van der Waals surface area (Å²) >= 11 is 0. The Labute approximate surface area is 155 Å². The number of phenolic OH excluding ortho intramolecular Hbond substituents is 1. The van der Waals surface area contributed by atoms with Crippen LogP contribution in [0.25, 0.3) is 0 Å². The van der Waals surface area contributed by atoms with Gasteiger partial charge in [-0.15, -0.1) is 0 Å². The maximum atomic E-state index is 12.4. The highest BCUT2D eigenvalue weighted by Gasteiger charge is 2.28. The summed E-state index contributed by atoms with van der Waals surface area (Å²) in [5.74, 6) is -0.910. The fourth-order valence-electron chi connectivity index (χ4n) is 2.42. The molecule has 0 aliphatic rings. The van der Waals surface area contributed by atoms with E-state index >= 15 is 0 Å². The van der Waals surface area contributed by atoms with Crippen LogP contribution in [0, 0.1) is 11.3 Å². The Hall–Kier alpha value is -2.55. The van der Waals surface area contributed by atoms with Gasteiger partial charge < -0.3 is 15.2 Å². The van der Waals surface area contributed by atoms with Crippen molar-refractivity contribution < 1.29 is 19.4 Å². The number of benzene rings is 1. The molecule has 1 rings (SSSR count). The second-order valence-electron chi connectivity index (χ2n) is 8.25. The van der Waals surface area contributed by atoms with Gasteiger partial charge in [-0.2, -0.15) is 5.26 Å². The third-order valence-electron chi connectivity index (χ3n) is 3.85. The molecule has 6 heteroatoms. The predicted octanol–water partition coefficient (Wildman–Crippen LogP) is 3.17. The largest absolute Gasteiger partial charge is 0.507 e. The summed E-state index contributed by atoms with van der Waals surface area (Å²) in [6, 6.07) is 5.14. The first-order valence-corrected chi connectivity index (χ1v) is 8.56. The van der Waals surface area contributed by atoms with E-state index in [4.69, 9.17) is 10.00 Å². The number of hydrogen-bond donors (Lipinski definition) is 2. The number of amides is 1. The Balaban J connectivity index is 3.07. The Kier molecular flexibility index (Phi) is 6.79. The number of nitrogens with one attached hydrogen (secondary N) is 1. The van der Waals surface area contributed by atoms with E-state index in [9.17, 15) is 14.7 Å². The molecular formula is C20H28N2O4. The minimum absolute atomic E-state index is 0.177. The average molecular weight is 360 g/mol. The maximum absolute atomic E-state index is 12.4. The molecule has 142 valence electrons. The van der Waals surface area contributed by atoms with Crippen molar-refractivity contribution in [2.45, 2.75) is 58.8 Å². The Morgan fingerprint density at radius 2 is 1.62 bits per heavy atom. The van der Waals surface area contributed by atoms with Crippen LogP contribution in [0.5, 0.6) is 5.75 Å². The first-order valence-electron chi connectivity index (χ1n) is 8.56. The van der Waals surface area contributed by atoms with Crippen molar-refractivity contribution in [1.29, 1.82) is 5.26 Å². The molecule has 0 saturated heterocycles. The molecule has 26 heavy (non-hydrogen) atoms. The lowest BCUT2D eigenvalue weighted by Gasteiger charge is -2.27. The zero-order valence-electron chi connectivity index (χ0n) is 16.4. The first kappa shape index (κ1) is 21.5.